The molecule has 1 aromatic carbocycles. The Kier molecular flexibility index (Phi) is 4.15. The summed E-state index contributed by atoms with van der Waals surface area (Å²) in [7, 11) is 0. The van der Waals surface area contributed by atoms with Gasteiger partial charge in [-0.25, -0.2) is 0 Å². The highest BCUT2D eigenvalue weighted by molar-refractivity contribution is 6.00. The molecule has 0 spiro atoms. The number of benzene rings is 1. The zero-order valence-corrected chi connectivity index (χ0v) is 10.2. The van der Waals surface area contributed by atoms with E-state index in [0.29, 0.717) is 12.4 Å². The molecule has 3 nitrogen and oxygen atoms in total. The number of ketones is 1. The number of carbonyl (C=O) groups is 1. The number of para-hydroxylation sites is 1. The average molecular weight is 233 g/mol. The van der Waals surface area contributed by atoms with Crippen molar-refractivity contribution in [1.29, 1.82) is 0 Å². The van der Waals surface area contributed by atoms with Crippen molar-refractivity contribution in [2.24, 2.45) is 5.92 Å². The van der Waals surface area contributed by atoms with Gasteiger partial charge in [0.1, 0.15) is 5.75 Å². The fourth-order valence-electron chi connectivity index (χ4n) is 2.25. The van der Waals surface area contributed by atoms with E-state index in [0.717, 1.165) is 31.5 Å². The molecule has 0 aliphatic carbocycles. The number of piperidine rings is 1. The van der Waals surface area contributed by atoms with Crippen molar-refractivity contribution >= 4 is 5.78 Å². The van der Waals surface area contributed by atoms with Crippen molar-refractivity contribution in [2.45, 2.75) is 19.8 Å². The first kappa shape index (κ1) is 12.1. The van der Waals surface area contributed by atoms with Crippen molar-refractivity contribution in [2.75, 3.05) is 19.7 Å². The number of nitrogens with one attached hydrogen (secondary N) is 1. The molecule has 1 heterocycles. The Hall–Kier alpha value is -1.35. The molecule has 1 atom stereocenters. The first-order valence-corrected chi connectivity index (χ1v) is 6.29. The molecule has 0 radical (unpaired) electrons. The van der Waals surface area contributed by atoms with E-state index in [1.807, 2.05) is 31.2 Å². The fourth-order valence-corrected chi connectivity index (χ4v) is 2.25. The Labute approximate surface area is 102 Å². The second-order valence-electron chi connectivity index (χ2n) is 4.34. The summed E-state index contributed by atoms with van der Waals surface area (Å²) < 4.78 is 5.51. The van der Waals surface area contributed by atoms with Gasteiger partial charge in [0.15, 0.2) is 5.78 Å². The van der Waals surface area contributed by atoms with Gasteiger partial charge in [0.25, 0.3) is 0 Å². The second-order valence-corrected chi connectivity index (χ2v) is 4.34. The molecule has 2 rings (SSSR count). The number of carbonyl (C=O) groups excluding carboxylic acids is 1. The Morgan fingerprint density at radius 2 is 2.29 bits per heavy atom. The van der Waals surface area contributed by atoms with Gasteiger partial charge in [-0.2, -0.15) is 0 Å². The van der Waals surface area contributed by atoms with Crippen LogP contribution in [0.25, 0.3) is 0 Å². The van der Waals surface area contributed by atoms with Crippen molar-refractivity contribution in [1.82, 2.24) is 5.32 Å². The van der Waals surface area contributed by atoms with Gasteiger partial charge < -0.3 is 10.1 Å². The zero-order valence-electron chi connectivity index (χ0n) is 10.2. The Bertz CT molecular complexity index is 384. The highest BCUT2D eigenvalue weighted by Gasteiger charge is 2.24. The van der Waals surface area contributed by atoms with Crippen LogP contribution in [0.15, 0.2) is 24.3 Å². The van der Waals surface area contributed by atoms with E-state index in [1.165, 1.54) is 0 Å². The van der Waals surface area contributed by atoms with E-state index in [-0.39, 0.29) is 11.7 Å². The SMILES string of the molecule is CCOc1ccccc1C(=O)C1CCCNC1. The van der Waals surface area contributed by atoms with E-state index < -0.39 is 0 Å². The van der Waals surface area contributed by atoms with E-state index in [9.17, 15) is 4.79 Å². The Morgan fingerprint density at radius 1 is 1.47 bits per heavy atom. The summed E-state index contributed by atoms with van der Waals surface area (Å²) in [6.07, 6.45) is 2.06. The van der Waals surface area contributed by atoms with Crippen LogP contribution in [0.3, 0.4) is 0 Å². The van der Waals surface area contributed by atoms with Crippen LogP contribution in [0.4, 0.5) is 0 Å². The van der Waals surface area contributed by atoms with Crippen LogP contribution in [0, 0.1) is 5.92 Å². The molecule has 1 N–H and O–H groups in total. The third-order valence-electron chi connectivity index (χ3n) is 3.12. The number of rotatable bonds is 4. The predicted octanol–water partition coefficient (Wildman–Crippen LogP) is 2.27. The maximum Gasteiger partial charge on any atom is 0.170 e. The van der Waals surface area contributed by atoms with Crippen LogP contribution in [0.1, 0.15) is 30.1 Å². The molecule has 0 saturated carbocycles. The molecule has 1 fully saturated rings. The van der Waals surface area contributed by atoms with Crippen LogP contribution in [0.5, 0.6) is 5.75 Å². The first-order chi connectivity index (χ1) is 8.33. The number of hydrogen-bond acceptors (Lipinski definition) is 3. The lowest BCUT2D eigenvalue weighted by molar-refractivity contribution is 0.0896. The molecular formula is C14H19NO2. The molecule has 17 heavy (non-hydrogen) atoms. The summed E-state index contributed by atoms with van der Waals surface area (Å²) in [5.74, 6) is 1.03. The van der Waals surface area contributed by atoms with Crippen molar-refractivity contribution in [3.8, 4) is 5.75 Å². The van der Waals surface area contributed by atoms with Crippen LogP contribution < -0.4 is 10.1 Å². The highest BCUT2D eigenvalue weighted by Crippen LogP contribution is 2.24. The lowest BCUT2D eigenvalue weighted by Gasteiger charge is -2.22. The molecule has 92 valence electrons. The van der Waals surface area contributed by atoms with Crippen molar-refractivity contribution in [3.63, 3.8) is 0 Å². The lowest BCUT2D eigenvalue weighted by atomic mass is 9.90. The van der Waals surface area contributed by atoms with Gasteiger partial charge in [0.05, 0.1) is 12.2 Å². The predicted molar refractivity (Wildman–Crippen MR) is 67.5 cm³/mol. The average Bonchev–Trinajstić information content (AvgIpc) is 2.40. The summed E-state index contributed by atoms with van der Waals surface area (Å²) in [6.45, 7) is 4.34. The summed E-state index contributed by atoms with van der Waals surface area (Å²) in [5.41, 5.74) is 0.725. The van der Waals surface area contributed by atoms with Gasteiger partial charge in [-0.15, -0.1) is 0 Å². The second kappa shape index (κ2) is 5.82. The van der Waals surface area contributed by atoms with Gasteiger partial charge in [0.2, 0.25) is 0 Å². The van der Waals surface area contributed by atoms with Crippen molar-refractivity contribution in [3.05, 3.63) is 29.8 Å². The smallest absolute Gasteiger partial charge is 0.170 e. The molecule has 1 unspecified atom stereocenters. The number of ether oxygens (including phenoxy) is 1. The maximum atomic E-state index is 12.4. The third kappa shape index (κ3) is 2.86. The van der Waals surface area contributed by atoms with Crippen LogP contribution in [-0.4, -0.2) is 25.5 Å². The van der Waals surface area contributed by atoms with Crippen molar-refractivity contribution < 1.29 is 9.53 Å². The molecule has 3 heteroatoms. The Balaban J connectivity index is 2.17. The van der Waals surface area contributed by atoms with E-state index in [2.05, 4.69) is 5.32 Å². The third-order valence-corrected chi connectivity index (χ3v) is 3.12. The topological polar surface area (TPSA) is 38.3 Å². The van der Waals surface area contributed by atoms with E-state index in [4.69, 9.17) is 4.74 Å². The van der Waals surface area contributed by atoms with E-state index in [1.54, 1.807) is 0 Å². The number of hydrogen-bond donors (Lipinski definition) is 1. The molecule has 1 aliphatic heterocycles. The molecule has 1 aliphatic rings. The largest absolute Gasteiger partial charge is 0.493 e. The minimum atomic E-state index is 0.102. The van der Waals surface area contributed by atoms with Gasteiger partial charge in [-0.05, 0) is 38.4 Å². The minimum absolute atomic E-state index is 0.102. The van der Waals surface area contributed by atoms with Crippen LogP contribution in [-0.2, 0) is 0 Å². The normalized spacial score (nSPS) is 19.9. The molecule has 1 saturated heterocycles. The summed E-state index contributed by atoms with van der Waals surface area (Å²) in [4.78, 5) is 12.4. The lowest BCUT2D eigenvalue weighted by Crippen LogP contribution is -2.34. The van der Waals surface area contributed by atoms with Gasteiger partial charge in [-0.1, -0.05) is 12.1 Å². The molecule has 0 aromatic heterocycles. The maximum absolute atomic E-state index is 12.4. The first-order valence-electron chi connectivity index (χ1n) is 6.29. The fraction of sp³-hybridized carbons (Fsp3) is 0.500. The molecular weight excluding hydrogens is 214 g/mol. The van der Waals surface area contributed by atoms with Gasteiger partial charge >= 0.3 is 0 Å². The van der Waals surface area contributed by atoms with Crippen LogP contribution in [0.2, 0.25) is 0 Å². The molecule has 0 amide bonds. The van der Waals surface area contributed by atoms with Gasteiger partial charge in [0, 0.05) is 12.5 Å². The quantitative estimate of drug-likeness (QED) is 0.811. The standard InChI is InChI=1S/C14H19NO2/c1-2-17-13-8-4-3-7-12(13)14(16)11-6-5-9-15-10-11/h3-4,7-8,11,15H,2,5-6,9-10H2,1H3. The summed E-state index contributed by atoms with van der Waals surface area (Å²) >= 11 is 0. The summed E-state index contributed by atoms with van der Waals surface area (Å²) in [5, 5.41) is 3.28. The zero-order chi connectivity index (χ0) is 12.1. The van der Waals surface area contributed by atoms with E-state index >= 15 is 0 Å². The molecule has 1 aromatic rings. The summed E-state index contributed by atoms with van der Waals surface area (Å²) in [6, 6.07) is 7.53. The van der Waals surface area contributed by atoms with Gasteiger partial charge in [-0.3, -0.25) is 4.79 Å². The van der Waals surface area contributed by atoms with Crippen LogP contribution >= 0.6 is 0 Å². The Morgan fingerprint density at radius 3 is 3.00 bits per heavy atom. The highest BCUT2D eigenvalue weighted by atomic mass is 16.5. The monoisotopic (exact) mass is 233 g/mol. The number of Topliss-reactive ketones (excluding diaryl/α,β-unsaturated/α-hetero) is 1. The molecule has 0 bridgehead atoms. The minimum Gasteiger partial charge on any atom is -0.493 e.